The fourth-order valence-electron chi connectivity index (χ4n) is 3.59. The number of nitrogens with one attached hydrogen (secondary N) is 1. The van der Waals surface area contributed by atoms with Crippen LogP contribution in [0.15, 0.2) is 42.7 Å². The normalized spacial score (nSPS) is 13.0. The molecule has 0 spiro atoms. The number of aromatic amines is 1. The summed E-state index contributed by atoms with van der Waals surface area (Å²) < 4.78 is 6.00. The number of ether oxygens (including phenoxy) is 1. The molecule has 1 aliphatic rings. The summed E-state index contributed by atoms with van der Waals surface area (Å²) in [5, 5.41) is 0. The van der Waals surface area contributed by atoms with Crippen molar-refractivity contribution < 1.29 is 4.74 Å². The second-order valence-corrected chi connectivity index (χ2v) is 8.64. The first-order valence-electron chi connectivity index (χ1n) is 9.84. The first-order chi connectivity index (χ1) is 14.1. The van der Waals surface area contributed by atoms with Crippen molar-refractivity contribution in [3.05, 3.63) is 59.7 Å². The first kappa shape index (κ1) is 18.1. The number of aromatic nitrogens is 4. The van der Waals surface area contributed by atoms with Crippen LogP contribution in [0, 0.1) is 6.92 Å². The molecule has 0 bridgehead atoms. The second-order valence-electron chi connectivity index (χ2n) is 7.58. The minimum atomic E-state index is 0.426. The highest BCUT2D eigenvalue weighted by Gasteiger charge is 2.22. The maximum Gasteiger partial charge on any atom is 0.147 e. The summed E-state index contributed by atoms with van der Waals surface area (Å²) >= 11 is 1.73. The van der Waals surface area contributed by atoms with Crippen LogP contribution in [0.5, 0.6) is 5.75 Å². The summed E-state index contributed by atoms with van der Waals surface area (Å²) in [6.07, 6.45) is 4.61. The Morgan fingerprint density at radius 3 is 2.86 bits per heavy atom. The molecule has 0 aliphatic carbocycles. The number of aryl methyl sites for hydroxylation is 1. The summed E-state index contributed by atoms with van der Waals surface area (Å²) in [4.78, 5) is 19.8. The lowest BCUT2D eigenvalue weighted by atomic mass is 10.1. The molecule has 0 radical (unpaired) electrons. The quantitative estimate of drug-likeness (QED) is 0.482. The Labute approximate surface area is 173 Å². The lowest BCUT2D eigenvalue weighted by molar-refractivity contribution is 0.325. The van der Waals surface area contributed by atoms with Crippen LogP contribution in [0.25, 0.3) is 32.5 Å². The Morgan fingerprint density at radius 1 is 1.17 bits per heavy atom. The van der Waals surface area contributed by atoms with Gasteiger partial charge in [0.25, 0.3) is 0 Å². The maximum atomic E-state index is 6.00. The molecule has 0 fully saturated rings. The number of hydrogen-bond acceptors (Lipinski definition) is 5. The summed E-state index contributed by atoms with van der Waals surface area (Å²) in [6.45, 7) is 7.00. The van der Waals surface area contributed by atoms with Gasteiger partial charge in [-0.3, -0.25) is 4.98 Å². The molecule has 146 valence electrons. The van der Waals surface area contributed by atoms with Gasteiger partial charge in [0.05, 0.1) is 22.1 Å². The monoisotopic (exact) mass is 402 g/mol. The van der Waals surface area contributed by atoms with Crippen molar-refractivity contribution in [3.63, 3.8) is 0 Å². The molecule has 4 aromatic heterocycles. The topological polar surface area (TPSA) is 63.7 Å². The van der Waals surface area contributed by atoms with E-state index in [1.165, 1.54) is 10.4 Å². The Hall–Kier alpha value is -2.99. The molecule has 1 aliphatic heterocycles. The van der Waals surface area contributed by atoms with Gasteiger partial charge in [-0.2, -0.15) is 0 Å². The van der Waals surface area contributed by atoms with E-state index in [1.807, 2.05) is 37.5 Å². The van der Waals surface area contributed by atoms with E-state index in [4.69, 9.17) is 9.72 Å². The van der Waals surface area contributed by atoms with Crippen LogP contribution < -0.4 is 4.74 Å². The maximum absolute atomic E-state index is 6.00. The van der Waals surface area contributed by atoms with Gasteiger partial charge in [-0.15, -0.1) is 11.3 Å². The van der Waals surface area contributed by atoms with Crippen molar-refractivity contribution in [3.8, 4) is 38.3 Å². The number of thiophene rings is 1. The molecule has 0 atom stereocenters. The third-order valence-electron chi connectivity index (χ3n) is 5.25. The molecule has 29 heavy (non-hydrogen) atoms. The van der Waals surface area contributed by atoms with Crippen molar-refractivity contribution in [1.82, 2.24) is 19.9 Å². The van der Waals surface area contributed by atoms with Gasteiger partial charge in [0.2, 0.25) is 0 Å². The molecule has 4 aromatic rings. The molecule has 0 aromatic carbocycles. The number of rotatable bonds is 3. The zero-order valence-corrected chi connectivity index (χ0v) is 17.5. The fraction of sp³-hybridized carbons (Fsp3) is 0.261. The molecule has 5 rings (SSSR count). The molecular formula is C23H22N4OS. The van der Waals surface area contributed by atoms with E-state index >= 15 is 0 Å². The molecule has 5 nitrogen and oxygen atoms in total. The molecule has 0 saturated heterocycles. The van der Waals surface area contributed by atoms with Crippen LogP contribution >= 0.6 is 11.3 Å². The van der Waals surface area contributed by atoms with E-state index in [9.17, 15) is 0 Å². The van der Waals surface area contributed by atoms with Crippen LogP contribution in [0.3, 0.4) is 0 Å². The van der Waals surface area contributed by atoms with Gasteiger partial charge in [-0.1, -0.05) is 13.8 Å². The SMILES string of the molecule is Cc1ncccc1-c1ccc2c(n1)-c1sc(-c3ncc(C(C)C)[nH]3)cc1CCO2. The van der Waals surface area contributed by atoms with Crippen LogP contribution in [-0.2, 0) is 6.42 Å². The fourth-order valence-corrected chi connectivity index (χ4v) is 4.74. The number of H-pyrrole nitrogens is 1. The number of nitrogens with zero attached hydrogens (tertiary/aromatic N) is 3. The zero-order chi connectivity index (χ0) is 20.0. The molecular weight excluding hydrogens is 380 g/mol. The van der Waals surface area contributed by atoms with Gasteiger partial charge in [0, 0.05) is 35.8 Å². The first-order valence-corrected chi connectivity index (χ1v) is 10.7. The lowest BCUT2D eigenvalue weighted by Crippen LogP contribution is -1.99. The summed E-state index contributed by atoms with van der Waals surface area (Å²) in [6, 6.07) is 10.3. The average molecular weight is 403 g/mol. The molecule has 0 saturated carbocycles. The van der Waals surface area contributed by atoms with E-state index in [2.05, 4.69) is 40.9 Å². The number of imidazole rings is 1. The molecule has 5 heterocycles. The third kappa shape index (κ3) is 3.23. The van der Waals surface area contributed by atoms with Crippen LogP contribution in [0.1, 0.15) is 36.7 Å². The summed E-state index contributed by atoms with van der Waals surface area (Å²) in [5.74, 6) is 2.19. The molecule has 0 unspecified atom stereocenters. The van der Waals surface area contributed by atoms with Gasteiger partial charge in [-0.25, -0.2) is 9.97 Å². The van der Waals surface area contributed by atoms with E-state index < -0.39 is 0 Å². The lowest BCUT2D eigenvalue weighted by Gasteiger charge is -2.10. The Balaban J connectivity index is 1.62. The average Bonchev–Trinajstić information content (AvgIpc) is 3.33. The van der Waals surface area contributed by atoms with E-state index in [0.717, 1.165) is 51.2 Å². The highest BCUT2D eigenvalue weighted by Crippen LogP contribution is 2.43. The Morgan fingerprint density at radius 2 is 2.07 bits per heavy atom. The van der Waals surface area contributed by atoms with Gasteiger partial charge in [0.15, 0.2) is 0 Å². The molecule has 1 N–H and O–H groups in total. The van der Waals surface area contributed by atoms with Gasteiger partial charge < -0.3 is 9.72 Å². The smallest absolute Gasteiger partial charge is 0.147 e. The van der Waals surface area contributed by atoms with Crippen molar-refractivity contribution in [2.24, 2.45) is 0 Å². The minimum Gasteiger partial charge on any atom is -0.491 e. The predicted octanol–water partition coefficient (Wildman–Crippen LogP) is 5.63. The second kappa shape index (κ2) is 7.12. The van der Waals surface area contributed by atoms with E-state index in [1.54, 1.807) is 11.3 Å². The number of pyridine rings is 2. The summed E-state index contributed by atoms with van der Waals surface area (Å²) in [7, 11) is 0. The molecule has 0 amide bonds. The Bertz CT molecular complexity index is 1190. The van der Waals surface area contributed by atoms with Crippen LogP contribution in [0.4, 0.5) is 0 Å². The van der Waals surface area contributed by atoms with Crippen molar-refractivity contribution in [1.29, 1.82) is 0 Å². The van der Waals surface area contributed by atoms with Crippen molar-refractivity contribution >= 4 is 11.3 Å². The number of fused-ring (bicyclic) bond motifs is 3. The van der Waals surface area contributed by atoms with Crippen molar-refractivity contribution in [2.45, 2.75) is 33.1 Å². The van der Waals surface area contributed by atoms with Crippen LogP contribution in [-0.4, -0.2) is 26.5 Å². The zero-order valence-electron chi connectivity index (χ0n) is 16.7. The summed E-state index contributed by atoms with van der Waals surface area (Å²) in [5.41, 5.74) is 6.26. The predicted molar refractivity (Wildman–Crippen MR) is 116 cm³/mol. The van der Waals surface area contributed by atoms with Crippen molar-refractivity contribution in [2.75, 3.05) is 6.61 Å². The largest absolute Gasteiger partial charge is 0.491 e. The van der Waals surface area contributed by atoms with E-state index in [0.29, 0.717) is 12.5 Å². The highest BCUT2D eigenvalue weighted by atomic mass is 32.1. The van der Waals surface area contributed by atoms with E-state index in [-0.39, 0.29) is 0 Å². The van der Waals surface area contributed by atoms with Crippen LogP contribution in [0.2, 0.25) is 0 Å². The van der Waals surface area contributed by atoms with Gasteiger partial charge in [-0.05, 0) is 48.7 Å². The Kier molecular flexibility index (Phi) is 4.43. The number of hydrogen-bond donors (Lipinski definition) is 1. The standard InChI is InChI=1S/C23H22N4OS/c1-13(2)18-12-25-23(27-18)20-11-15-8-10-28-19-7-6-17(26-21(19)22(15)29-20)16-5-4-9-24-14(16)3/h4-7,9,11-13H,8,10H2,1-3H3,(H,25,27). The third-order valence-corrected chi connectivity index (χ3v) is 6.44. The van der Waals surface area contributed by atoms with Gasteiger partial charge in [0.1, 0.15) is 17.3 Å². The molecule has 6 heteroatoms. The minimum absolute atomic E-state index is 0.426. The highest BCUT2D eigenvalue weighted by molar-refractivity contribution is 7.19. The van der Waals surface area contributed by atoms with Gasteiger partial charge >= 0.3 is 0 Å².